The number of hydrogen-bond donors (Lipinski definition) is 3. The summed E-state index contributed by atoms with van der Waals surface area (Å²) in [5.74, 6) is -0.224. The maximum atomic E-state index is 12.5. The molecule has 0 bridgehead atoms. The van der Waals surface area contributed by atoms with Crippen LogP contribution in [0.1, 0.15) is 18.7 Å². The van der Waals surface area contributed by atoms with Crippen molar-refractivity contribution in [3.8, 4) is 0 Å². The molecule has 0 unspecified atom stereocenters. The number of carbonyl (C=O) groups is 2. The van der Waals surface area contributed by atoms with Gasteiger partial charge in [-0.1, -0.05) is 6.07 Å². The zero-order valence-electron chi connectivity index (χ0n) is 14.9. The number of hydrogen-bond acceptors (Lipinski definition) is 7. The van der Waals surface area contributed by atoms with Crippen molar-refractivity contribution in [2.75, 3.05) is 18.5 Å². The van der Waals surface area contributed by atoms with Gasteiger partial charge in [0.05, 0.1) is 35.6 Å². The van der Waals surface area contributed by atoms with Gasteiger partial charge in [0.25, 0.3) is 5.69 Å². The molecule has 3 rings (SSSR count). The number of anilines is 1. The number of non-ortho nitro benzene ring substituents is 1. The maximum absolute atomic E-state index is 12.5. The Morgan fingerprint density at radius 1 is 1.36 bits per heavy atom. The van der Waals surface area contributed by atoms with Crippen molar-refractivity contribution in [1.29, 1.82) is 0 Å². The van der Waals surface area contributed by atoms with Crippen LogP contribution in [0.2, 0.25) is 0 Å². The number of urea groups is 1. The molecule has 0 saturated carbocycles. The average molecular weight is 386 g/mol. The van der Waals surface area contributed by atoms with Crippen molar-refractivity contribution in [2.24, 2.45) is 0 Å². The third-order valence-electron chi connectivity index (χ3n) is 4.00. The summed E-state index contributed by atoms with van der Waals surface area (Å²) < 4.78 is 10.5. The van der Waals surface area contributed by atoms with Crippen LogP contribution in [0, 0.1) is 10.1 Å². The molecule has 2 aromatic rings. The third-order valence-corrected chi connectivity index (χ3v) is 4.00. The van der Waals surface area contributed by atoms with Crippen LogP contribution in [0.25, 0.3) is 0 Å². The lowest BCUT2D eigenvalue weighted by Gasteiger charge is -2.28. The fourth-order valence-corrected chi connectivity index (χ4v) is 2.80. The number of carbonyl (C=O) groups excluding carboxylic acids is 2. The van der Waals surface area contributed by atoms with Crippen molar-refractivity contribution in [2.45, 2.75) is 13.0 Å². The van der Waals surface area contributed by atoms with Crippen molar-refractivity contribution in [1.82, 2.24) is 10.6 Å². The number of nitro benzene ring substituents is 1. The molecular formula is C18H18N4O6. The molecule has 0 radical (unpaired) electrons. The average Bonchev–Trinajstić information content (AvgIpc) is 3.21. The standard InChI is InChI=1S/C18H18N4O6/c1-2-27-17(23)15-13(10-19-11-5-3-6-12(9-11)22(25)26)20-18(24)21-16(15)14-7-4-8-28-14/h3-9,16,19H,2,10H2,1H3,(H2,20,21,24)/t16-/m0/s1. The fraction of sp³-hybridized carbons (Fsp3) is 0.222. The van der Waals surface area contributed by atoms with E-state index >= 15 is 0 Å². The second-order valence-corrected chi connectivity index (χ2v) is 5.82. The second-order valence-electron chi connectivity index (χ2n) is 5.82. The van der Waals surface area contributed by atoms with Crippen LogP contribution in [-0.2, 0) is 9.53 Å². The molecule has 1 aliphatic rings. The highest BCUT2D eigenvalue weighted by Crippen LogP contribution is 2.28. The highest BCUT2D eigenvalue weighted by molar-refractivity contribution is 5.95. The SMILES string of the molecule is CCOC(=O)C1=C(CNc2cccc([N+](=O)[O-])c2)NC(=O)N[C@H]1c1ccco1. The second kappa shape index (κ2) is 8.25. The minimum Gasteiger partial charge on any atom is -0.467 e. The molecule has 146 valence electrons. The Hall–Kier alpha value is -3.82. The van der Waals surface area contributed by atoms with Gasteiger partial charge >= 0.3 is 12.0 Å². The van der Waals surface area contributed by atoms with Gasteiger partial charge in [-0.3, -0.25) is 10.1 Å². The van der Waals surface area contributed by atoms with Crippen molar-refractivity contribution in [3.05, 3.63) is 69.8 Å². The Balaban J connectivity index is 1.92. The van der Waals surface area contributed by atoms with Gasteiger partial charge in [-0.15, -0.1) is 0 Å². The van der Waals surface area contributed by atoms with Crippen LogP contribution < -0.4 is 16.0 Å². The number of nitrogens with zero attached hydrogens (tertiary/aromatic N) is 1. The van der Waals surface area contributed by atoms with E-state index in [0.717, 1.165) is 0 Å². The van der Waals surface area contributed by atoms with Crippen LogP contribution in [0.5, 0.6) is 0 Å². The number of ether oxygens (including phenoxy) is 1. The Morgan fingerprint density at radius 2 is 2.18 bits per heavy atom. The summed E-state index contributed by atoms with van der Waals surface area (Å²) in [6, 6.07) is 7.87. The lowest BCUT2D eigenvalue weighted by atomic mass is 10.00. The van der Waals surface area contributed by atoms with Crippen LogP contribution in [0.3, 0.4) is 0 Å². The summed E-state index contributed by atoms with van der Waals surface area (Å²) >= 11 is 0. The largest absolute Gasteiger partial charge is 0.467 e. The van der Waals surface area contributed by atoms with E-state index in [9.17, 15) is 19.7 Å². The van der Waals surface area contributed by atoms with Crippen LogP contribution in [-0.4, -0.2) is 30.1 Å². The molecule has 10 nitrogen and oxygen atoms in total. The first kappa shape index (κ1) is 19.0. The molecule has 0 aliphatic carbocycles. The zero-order chi connectivity index (χ0) is 20.1. The summed E-state index contributed by atoms with van der Waals surface area (Å²) in [5.41, 5.74) is 0.865. The predicted molar refractivity (Wildman–Crippen MR) is 98.4 cm³/mol. The molecule has 28 heavy (non-hydrogen) atoms. The van der Waals surface area contributed by atoms with Crippen LogP contribution in [0.4, 0.5) is 16.2 Å². The summed E-state index contributed by atoms with van der Waals surface area (Å²) in [7, 11) is 0. The summed E-state index contributed by atoms with van der Waals surface area (Å²) in [6.07, 6.45) is 1.44. The summed E-state index contributed by atoms with van der Waals surface area (Å²) in [6.45, 7) is 1.88. The van der Waals surface area contributed by atoms with Gasteiger partial charge < -0.3 is 25.1 Å². The van der Waals surface area contributed by atoms with Gasteiger partial charge in [0.15, 0.2) is 0 Å². The highest BCUT2D eigenvalue weighted by Gasteiger charge is 2.35. The van der Waals surface area contributed by atoms with Crippen molar-refractivity contribution >= 4 is 23.4 Å². The van der Waals surface area contributed by atoms with Gasteiger partial charge in [-0.2, -0.15) is 0 Å². The number of nitrogens with one attached hydrogen (secondary N) is 3. The molecular weight excluding hydrogens is 368 g/mol. The van der Waals surface area contributed by atoms with E-state index in [1.54, 1.807) is 25.1 Å². The first-order valence-electron chi connectivity index (χ1n) is 8.49. The molecule has 0 spiro atoms. The van der Waals surface area contributed by atoms with E-state index in [1.807, 2.05) is 0 Å². The number of nitro groups is 1. The van der Waals surface area contributed by atoms with Crippen molar-refractivity contribution < 1.29 is 23.7 Å². The molecule has 1 aromatic carbocycles. The fourth-order valence-electron chi connectivity index (χ4n) is 2.80. The zero-order valence-corrected chi connectivity index (χ0v) is 14.9. The minimum absolute atomic E-state index is 0.0416. The normalized spacial score (nSPS) is 16.2. The van der Waals surface area contributed by atoms with Crippen molar-refractivity contribution in [3.63, 3.8) is 0 Å². The summed E-state index contributed by atoms with van der Waals surface area (Å²) in [4.78, 5) is 35.1. The number of esters is 1. The smallest absolute Gasteiger partial charge is 0.338 e. The van der Waals surface area contributed by atoms with E-state index in [0.29, 0.717) is 11.4 Å². The highest BCUT2D eigenvalue weighted by atomic mass is 16.6. The Bertz CT molecular complexity index is 922. The minimum atomic E-state index is -0.815. The van der Waals surface area contributed by atoms with E-state index in [-0.39, 0.29) is 30.1 Å². The molecule has 0 saturated heterocycles. The van der Waals surface area contributed by atoms with Gasteiger partial charge in [0.2, 0.25) is 0 Å². The quantitative estimate of drug-likeness (QED) is 0.378. The molecule has 2 amide bonds. The Kier molecular flexibility index (Phi) is 5.58. The monoisotopic (exact) mass is 386 g/mol. The molecule has 1 aliphatic heterocycles. The number of amides is 2. The first-order valence-corrected chi connectivity index (χ1v) is 8.49. The van der Waals surface area contributed by atoms with E-state index < -0.39 is 23.0 Å². The van der Waals surface area contributed by atoms with Gasteiger partial charge in [0.1, 0.15) is 11.8 Å². The molecule has 1 aromatic heterocycles. The predicted octanol–water partition coefficient (Wildman–Crippen LogP) is 2.47. The third kappa shape index (κ3) is 4.11. The van der Waals surface area contributed by atoms with Gasteiger partial charge in [-0.25, -0.2) is 9.59 Å². The summed E-state index contributed by atoms with van der Waals surface area (Å²) in [5, 5.41) is 19.1. The first-order chi connectivity index (χ1) is 13.5. The lowest BCUT2D eigenvalue weighted by Crippen LogP contribution is -2.47. The van der Waals surface area contributed by atoms with E-state index in [1.165, 1.54) is 24.5 Å². The van der Waals surface area contributed by atoms with E-state index in [2.05, 4.69) is 16.0 Å². The maximum Gasteiger partial charge on any atom is 0.338 e. The molecule has 2 heterocycles. The van der Waals surface area contributed by atoms with Crippen LogP contribution >= 0.6 is 0 Å². The topological polar surface area (TPSA) is 136 Å². The van der Waals surface area contributed by atoms with Crippen LogP contribution in [0.15, 0.2) is 58.3 Å². The van der Waals surface area contributed by atoms with Gasteiger partial charge in [0, 0.05) is 17.8 Å². The Morgan fingerprint density at radius 3 is 2.86 bits per heavy atom. The lowest BCUT2D eigenvalue weighted by molar-refractivity contribution is -0.384. The van der Waals surface area contributed by atoms with Gasteiger partial charge in [-0.05, 0) is 25.1 Å². The number of benzene rings is 1. The molecule has 10 heteroatoms. The molecule has 1 atom stereocenters. The Labute approximate surface area is 159 Å². The number of furan rings is 1. The number of rotatable bonds is 7. The molecule has 3 N–H and O–H groups in total. The molecule has 0 fully saturated rings. The van der Waals surface area contributed by atoms with E-state index in [4.69, 9.17) is 9.15 Å².